The number of carbonyl (C=O) groups excluding carboxylic acids is 2. The van der Waals surface area contributed by atoms with Crippen molar-refractivity contribution in [2.45, 2.75) is 12.5 Å². The third kappa shape index (κ3) is 3.74. The monoisotopic (exact) mass is 416 g/mol. The first-order valence-corrected chi connectivity index (χ1v) is 9.71. The van der Waals surface area contributed by atoms with Crippen LogP contribution in [0.5, 0.6) is 5.75 Å². The van der Waals surface area contributed by atoms with E-state index >= 15 is 0 Å². The van der Waals surface area contributed by atoms with Crippen LogP contribution in [0.4, 0.5) is 25.0 Å². The summed E-state index contributed by atoms with van der Waals surface area (Å²) in [4.78, 5) is 27.9. The fraction of sp³-hybridized carbons (Fsp3) is 0.333. The molecule has 2 N–H and O–H groups in total. The van der Waals surface area contributed by atoms with Crippen molar-refractivity contribution < 1.29 is 23.1 Å². The first-order valence-electron chi connectivity index (χ1n) is 9.71. The molecule has 2 aliphatic rings. The van der Waals surface area contributed by atoms with Crippen LogP contribution >= 0.6 is 0 Å². The second kappa shape index (κ2) is 8.17. The smallest absolute Gasteiger partial charge is 0.322 e. The van der Waals surface area contributed by atoms with E-state index in [0.717, 1.165) is 0 Å². The predicted molar refractivity (Wildman–Crippen MR) is 108 cm³/mol. The molecule has 30 heavy (non-hydrogen) atoms. The van der Waals surface area contributed by atoms with Crippen molar-refractivity contribution in [1.29, 1.82) is 0 Å². The number of methoxy groups -OCH3 is 1. The second-order valence-corrected chi connectivity index (χ2v) is 7.25. The Balaban J connectivity index is 1.47. The minimum Gasteiger partial charge on any atom is -0.495 e. The molecule has 2 heterocycles. The number of ether oxygens (including phenoxy) is 1. The Bertz CT molecular complexity index is 964. The molecule has 9 heteroatoms. The van der Waals surface area contributed by atoms with Gasteiger partial charge in [-0.15, -0.1) is 0 Å². The van der Waals surface area contributed by atoms with Crippen LogP contribution in [0, 0.1) is 11.6 Å². The normalized spacial score (nSPS) is 18.5. The van der Waals surface area contributed by atoms with Crippen LogP contribution in [-0.2, 0) is 0 Å². The van der Waals surface area contributed by atoms with Gasteiger partial charge in [-0.25, -0.2) is 13.6 Å². The molecule has 0 aliphatic carbocycles. The Kier molecular flexibility index (Phi) is 5.43. The second-order valence-electron chi connectivity index (χ2n) is 7.25. The molecule has 2 aromatic rings. The molecule has 2 fully saturated rings. The van der Waals surface area contributed by atoms with Gasteiger partial charge in [0.05, 0.1) is 12.8 Å². The van der Waals surface area contributed by atoms with Gasteiger partial charge in [0.25, 0.3) is 5.91 Å². The van der Waals surface area contributed by atoms with Crippen LogP contribution < -0.4 is 25.2 Å². The van der Waals surface area contributed by atoms with Gasteiger partial charge in [0.1, 0.15) is 23.1 Å². The van der Waals surface area contributed by atoms with Crippen molar-refractivity contribution in [2.24, 2.45) is 0 Å². The number of para-hydroxylation sites is 1. The van der Waals surface area contributed by atoms with Gasteiger partial charge in [-0.05, 0) is 36.8 Å². The summed E-state index contributed by atoms with van der Waals surface area (Å²) in [5.74, 6) is -1.07. The molecule has 7 nitrogen and oxygen atoms in total. The highest BCUT2D eigenvalue weighted by Crippen LogP contribution is 2.31. The predicted octanol–water partition coefficient (Wildman–Crippen LogP) is 2.51. The van der Waals surface area contributed by atoms with E-state index in [1.165, 1.54) is 30.2 Å². The van der Waals surface area contributed by atoms with Gasteiger partial charge in [0, 0.05) is 37.8 Å². The average molecular weight is 416 g/mol. The molecule has 3 amide bonds. The number of hydrogen-bond acceptors (Lipinski definition) is 4. The molecular weight excluding hydrogens is 394 g/mol. The van der Waals surface area contributed by atoms with E-state index in [4.69, 9.17) is 4.74 Å². The van der Waals surface area contributed by atoms with Gasteiger partial charge in [-0.2, -0.15) is 0 Å². The van der Waals surface area contributed by atoms with Crippen LogP contribution in [-0.4, -0.2) is 51.3 Å². The van der Waals surface area contributed by atoms with Crippen molar-refractivity contribution in [3.05, 3.63) is 53.6 Å². The van der Waals surface area contributed by atoms with Crippen LogP contribution in [0.2, 0.25) is 0 Å². The maximum atomic E-state index is 14.0. The highest BCUT2D eigenvalue weighted by atomic mass is 19.1. The molecule has 0 spiro atoms. The third-order valence-corrected chi connectivity index (χ3v) is 5.37. The van der Waals surface area contributed by atoms with E-state index in [1.54, 1.807) is 23.1 Å². The highest BCUT2D eigenvalue weighted by molar-refractivity contribution is 6.00. The molecule has 0 aromatic heterocycles. The number of nitrogens with zero attached hydrogens (tertiary/aromatic N) is 2. The molecule has 2 aromatic carbocycles. The summed E-state index contributed by atoms with van der Waals surface area (Å²) in [6.45, 7) is 1.74. The van der Waals surface area contributed by atoms with E-state index < -0.39 is 11.6 Å². The summed E-state index contributed by atoms with van der Waals surface area (Å²) in [5.41, 5.74) is 0.823. The quantitative estimate of drug-likeness (QED) is 0.786. The maximum Gasteiger partial charge on any atom is 0.322 e. The van der Waals surface area contributed by atoms with Gasteiger partial charge in [0.2, 0.25) is 0 Å². The number of rotatable bonds is 5. The highest BCUT2D eigenvalue weighted by Gasteiger charge is 2.29. The van der Waals surface area contributed by atoms with E-state index in [9.17, 15) is 18.4 Å². The zero-order valence-corrected chi connectivity index (χ0v) is 16.5. The molecule has 2 aliphatic heterocycles. The Hall–Kier alpha value is -3.36. The zero-order valence-electron chi connectivity index (χ0n) is 16.5. The number of halogens is 2. The van der Waals surface area contributed by atoms with Gasteiger partial charge in [-0.3, -0.25) is 9.69 Å². The average Bonchev–Trinajstić information content (AvgIpc) is 3.36. The SMILES string of the molecule is COc1ccc(C(=O)N[C@H]2CCN(c3c(F)cccc3F)C2)cc1N1CCNC1=O. The molecular formula is C21H22F2N4O3. The number of urea groups is 1. The van der Waals surface area contributed by atoms with Gasteiger partial charge >= 0.3 is 6.03 Å². The molecule has 158 valence electrons. The lowest BCUT2D eigenvalue weighted by Crippen LogP contribution is -2.37. The van der Waals surface area contributed by atoms with E-state index in [-0.39, 0.29) is 23.7 Å². The lowest BCUT2D eigenvalue weighted by molar-refractivity contribution is 0.0940. The molecule has 2 saturated heterocycles. The number of nitrogens with one attached hydrogen (secondary N) is 2. The Morgan fingerprint density at radius 3 is 2.63 bits per heavy atom. The molecule has 4 rings (SSSR count). The Morgan fingerprint density at radius 1 is 1.20 bits per heavy atom. The van der Waals surface area contributed by atoms with E-state index in [1.807, 2.05) is 0 Å². The van der Waals surface area contributed by atoms with Crippen LogP contribution in [0.1, 0.15) is 16.8 Å². The number of hydrogen-bond donors (Lipinski definition) is 2. The summed E-state index contributed by atoms with van der Waals surface area (Å²) in [6, 6.07) is 8.14. The van der Waals surface area contributed by atoms with Crippen molar-refractivity contribution in [2.75, 3.05) is 43.1 Å². The number of benzene rings is 2. The number of anilines is 2. The summed E-state index contributed by atoms with van der Waals surface area (Å²) in [7, 11) is 1.50. The largest absolute Gasteiger partial charge is 0.495 e. The van der Waals surface area contributed by atoms with Gasteiger partial charge in [-0.1, -0.05) is 6.07 Å². The maximum absolute atomic E-state index is 14.0. The van der Waals surface area contributed by atoms with E-state index in [2.05, 4.69) is 10.6 Å². The summed E-state index contributed by atoms with van der Waals surface area (Å²) >= 11 is 0. The Labute approximate surface area is 172 Å². The third-order valence-electron chi connectivity index (χ3n) is 5.37. The first kappa shape index (κ1) is 19.9. The van der Waals surface area contributed by atoms with Crippen molar-refractivity contribution in [3.8, 4) is 5.75 Å². The summed E-state index contributed by atoms with van der Waals surface area (Å²) in [6.07, 6.45) is 0.567. The van der Waals surface area contributed by atoms with Gasteiger partial charge < -0.3 is 20.3 Å². The first-order chi connectivity index (χ1) is 14.5. The number of amides is 3. The summed E-state index contributed by atoms with van der Waals surface area (Å²) < 4.78 is 33.4. The topological polar surface area (TPSA) is 73.9 Å². The zero-order chi connectivity index (χ0) is 21.3. The summed E-state index contributed by atoms with van der Waals surface area (Å²) in [5, 5.41) is 5.64. The molecule has 0 saturated carbocycles. The van der Waals surface area contributed by atoms with Crippen molar-refractivity contribution >= 4 is 23.3 Å². The number of carbonyl (C=O) groups is 2. The minimum absolute atomic E-state index is 0.0685. The minimum atomic E-state index is -0.620. The van der Waals surface area contributed by atoms with Crippen molar-refractivity contribution in [3.63, 3.8) is 0 Å². The van der Waals surface area contributed by atoms with E-state index in [0.29, 0.717) is 49.6 Å². The Morgan fingerprint density at radius 2 is 1.97 bits per heavy atom. The van der Waals surface area contributed by atoms with Crippen LogP contribution in [0.3, 0.4) is 0 Å². The van der Waals surface area contributed by atoms with Crippen LogP contribution in [0.25, 0.3) is 0 Å². The lowest BCUT2D eigenvalue weighted by atomic mass is 10.1. The molecule has 0 radical (unpaired) electrons. The fourth-order valence-electron chi connectivity index (χ4n) is 3.88. The van der Waals surface area contributed by atoms with Gasteiger partial charge in [0.15, 0.2) is 0 Å². The molecule has 0 bridgehead atoms. The standard InChI is InChI=1S/C21H22F2N4O3/c1-30-18-6-5-13(11-17(18)27-10-8-24-21(27)29)20(28)25-14-7-9-26(12-14)19-15(22)3-2-4-16(19)23/h2-6,11,14H,7-10,12H2,1H3,(H,24,29)(H,25,28)/t14-/m0/s1. The molecule has 0 unspecified atom stereocenters. The van der Waals surface area contributed by atoms with Crippen LogP contribution in [0.15, 0.2) is 36.4 Å². The fourth-order valence-corrected chi connectivity index (χ4v) is 3.88. The lowest BCUT2D eigenvalue weighted by Gasteiger charge is -2.21. The molecule has 1 atom stereocenters. The van der Waals surface area contributed by atoms with Crippen molar-refractivity contribution in [1.82, 2.24) is 10.6 Å².